The summed E-state index contributed by atoms with van der Waals surface area (Å²) in [7, 11) is 0. The van der Waals surface area contributed by atoms with E-state index in [1.165, 1.54) is 6.07 Å². The molecule has 0 heterocycles. The van der Waals surface area contributed by atoms with Crippen LogP contribution in [0.1, 0.15) is 22.8 Å². The Kier molecular flexibility index (Phi) is 3.55. The van der Waals surface area contributed by atoms with Crippen molar-refractivity contribution in [2.24, 2.45) is 0 Å². The van der Waals surface area contributed by atoms with Crippen molar-refractivity contribution < 1.29 is 9.90 Å². The molecule has 0 bridgehead atoms. The van der Waals surface area contributed by atoms with Crippen LogP contribution < -0.4 is 0 Å². The third-order valence-corrected chi connectivity index (χ3v) is 2.53. The molecule has 14 heavy (non-hydrogen) atoms. The molecule has 0 saturated heterocycles. The maximum Gasteiger partial charge on any atom is 0.337 e. The Hall–Kier alpha value is -1.47. The smallest absolute Gasteiger partial charge is 0.337 e. The number of nitrogens with zero attached hydrogens (tertiary/aromatic N) is 1. The quantitative estimate of drug-likeness (QED) is 0.773. The summed E-state index contributed by atoms with van der Waals surface area (Å²) < 4.78 is 0. The number of carboxylic acids is 1. The van der Waals surface area contributed by atoms with Crippen molar-refractivity contribution in [2.45, 2.75) is 11.8 Å². The van der Waals surface area contributed by atoms with Gasteiger partial charge in [-0.15, -0.1) is 11.8 Å². The molecule has 1 rings (SSSR count). The fourth-order valence-corrected chi connectivity index (χ4v) is 1.75. The van der Waals surface area contributed by atoms with Crippen LogP contribution in [0, 0.1) is 11.3 Å². The van der Waals surface area contributed by atoms with Crippen molar-refractivity contribution in [1.82, 2.24) is 0 Å². The van der Waals surface area contributed by atoms with Crippen molar-refractivity contribution >= 4 is 17.7 Å². The van der Waals surface area contributed by atoms with Gasteiger partial charge in [0, 0.05) is 4.90 Å². The van der Waals surface area contributed by atoms with Gasteiger partial charge in [0.15, 0.2) is 0 Å². The first-order valence-corrected chi connectivity index (χ1v) is 5.07. The zero-order chi connectivity index (χ0) is 10.6. The summed E-state index contributed by atoms with van der Waals surface area (Å²) >= 11 is 1.55. The van der Waals surface area contributed by atoms with E-state index in [4.69, 9.17) is 10.4 Å². The summed E-state index contributed by atoms with van der Waals surface area (Å²) in [6.45, 7) is 1.99. The van der Waals surface area contributed by atoms with Crippen LogP contribution in [0.3, 0.4) is 0 Å². The van der Waals surface area contributed by atoms with Gasteiger partial charge >= 0.3 is 5.97 Å². The number of carboxylic acid groups (broad SMARTS) is 1. The Morgan fingerprint density at radius 1 is 1.64 bits per heavy atom. The third kappa shape index (κ3) is 2.27. The number of aromatic carboxylic acids is 1. The second kappa shape index (κ2) is 4.68. The molecule has 1 aromatic rings. The fourth-order valence-electron chi connectivity index (χ4n) is 1.05. The minimum atomic E-state index is -1.06. The number of hydrogen-bond donors (Lipinski definition) is 1. The normalized spacial score (nSPS) is 9.43. The molecule has 0 aliphatic heterocycles. The highest BCUT2D eigenvalue weighted by atomic mass is 32.2. The topological polar surface area (TPSA) is 61.1 Å². The molecule has 3 nitrogen and oxygen atoms in total. The largest absolute Gasteiger partial charge is 0.478 e. The summed E-state index contributed by atoms with van der Waals surface area (Å²) in [6.07, 6.45) is 0. The molecular formula is C10H9NO2S. The summed E-state index contributed by atoms with van der Waals surface area (Å²) in [4.78, 5) is 11.7. The molecule has 0 aliphatic carbocycles. The molecule has 1 N–H and O–H groups in total. The van der Waals surface area contributed by atoms with Crippen LogP contribution in [0.4, 0.5) is 0 Å². The highest BCUT2D eigenvalue weighted by Gasteiger charge is 2.10. The number of nitriles is 1. The highest BCUT2D eigenvalue weighted by Crippen LogP contribution is 2.21. The number of rotatable bonds is 3. The van der Waals surface area contributed by atoms with E-state index in [1.54, 1.807) is 23.9 Å². The predicted molar refractivity (Wildman–Crippen MR) is 54.5 cm³/mol. The molecule has 0 unspecified atom stereocenters. The van der Waals surface area contributed by atoms with Gasteiger partial charge < -0.3 is 5.11 Å². The van der Waals surface area contributed by atoms with Crippen molar-refractivity contribution in [3.63, 3.8) is 0 Å². The Bertz CT molecular complexity index is 396. The van der Waals surface area contributed by atoms with Gasteiger partial charge in [0.1, 0.15) is 6.07 Å². The van der Waals surface area contributed by atoms with Crippen LogP contribution in [0.25, 0.3) is 0 Å². The summed E-state index contributed by atoms with van der Waals surface area (Å²) in [5, 5.41) is 17.5. The van der Waals surface area contributed by atoms with E-state index in [1.807, 2.05) is 13.0 Å². The van der Waals surface area contributed by atoms with Crippen molar-refractivity contribution in [2.75, 3.05) is 5.75 Å². The molecule has 0 aliphatic rings. The van der Waals surface area contributed by atoms with Crippen LogP contribution in [0.5, 0.6) is 0 Å². The van der Waals surface area contributed by atoms with Crippen LogP contribution in [-0.2, 0) is 0 Å². The summed E-state index contributed by atoms with van der Waals surface area (Å²) in [6, 6.07) is 6.70. The van der Waals surface area contributed by atoms with E-state index in [0.29, 0.717) is 0 Å². The standard InChI is InChI=1S/C10H9NO2S/c1-2-14-8-4-3-7(6-11)9(5-8)10(12)13/h3-5H,2H2,1H3,(H,12,13). The Labute approximate surface area is 86.4 Å². The molecule has 1 aromatic carbocycles. The molecule has 0 amide bonds. The lowest BCUT2D eigenvalue weighted by atomic mass is 10.1. The van der Waals surface area contributed by atoms with E-state index in [-0.39, 0.29) is 11.1 Å². The highest BCUT2D eigenvalue weighted by molar-refractivity contribution is 7.99. The van der Waals surface area contributed by atoms with Gasteiger partial charge in [0.2, 0.25) is 0 Å². The Morgan fingerprint density at radius 2 is 2.36 bits per heavy atom. The van der Waals surface area contributed by atoms with E-state index < -0.39 is 5.97 Å². The lowest BCUT2D eigenvalue weighted by Crippen LogP contribution is -2.00. The minimum absolute atomic E-state index is 0.0750. The number of hydrogen-bond acceptors (Lipinski definition) is 3. The predicted octanol–water partition coefficient (Wildman–Crippen LogP) is 2.37. The van der Waals surface area contributed by atoms with Gasteiger partial charge in [-0.3, -0.25) is 0 Å². The first-order valence-electron chi connectivity index (χ1n) is 4.09. The lowest BCUT2D eigenvalue weighted by molar-refractivity contribution is 0.0696. The molecule has 0 spiro atoms. The zero-order valence-electron chi connectivity index (χ0n) is 7.65. The van der Waals surface area contributed by atoms with Crippen LogP contribution in [0.15, 0.2) is 23.1 Å². The van der Waals surface area contributed by atoms with Crippen LogP contribution >= 0.6 is 11.8 Å². The van der Waals surface area contributed by atoms with E-state index in [2.05, 4.69) is 0 Å². The molecule has 0 radical (unpaired) electrons. The van der Waals surface area contributed by atoms with Gasteiger partial charge in [0.05, 0.1) is 11.1 Å². The second-order valence-corrected chi connectivity index (χ2v) is 3.89. The minimum Gasteiger partial charge on any atom is -0.478 e. The monoisotopic (exact) mass is 207 g/mol. The number of thioether (sulfide) groups is 1. The molecular weight excluding hydrogens is 198 g/mol. The molecule has 0 atom stereocenters. The van der Waals surface area contributed by atoms with E-state index in [9.17, 15) is 4.79 Å². The first kappa shape index (κ1) is 10.6. The third-order valence-electron chi connectivity index (χ3n) is 1.65. The van der Waals surface area contributed by atoms with Gasteiger partial charge in [-0.1, -0.05) is 6.92 Å². The molecule has 4 heteroatoms. The van der Waals surface area contributed by atoms with Gasteiger partial charge in [-0.2, -0.15) is 5.26 Å². The zero-order valence-corrected chi connectivity index (χ0v) is 8.47. The number of benzene rings is 1. The van der Waals surface area contributed by atoms with Crippen molar-refractivity contribution in [3.05, 3.63) is 29.3 Å². The molecule has 72 valence electrons. The van der Waals surface area contributed by atoms with Crippen molar-refractivity contribution in [1.29, 1.82) is 5.26 Å². The SMILES string of the molecule is CCSc1ccc(C#N)c(C(=O)O)c1. The van der Waals surface area contributed by atoms with Gasteiger partial charge in [-0.05, 0) is 24.0 Å². The maximum absolute atomic E-state index is 10.8. The molecule has 0 fully saturated rings. The summed E-state index contributed by atoms with van der Waals surface area (Å²) in [5.74, 6) is -0.176. The fraction of sp³-hybridized carbons (Fsp3) is 0.200. The Morgan fingerprint density at radius 3 is 2.86 bits per heavy atom. The van der Waals surface area contributed by atoms with Crippen LogP contribution in [-0.4, -0.2) is 16.8 Å². The maximum atomic E-state index is 10.8. The van der Waals surface area contributed by atoms with Crippen LogP contribution in [0.2, 0.25) is 0 Å². The number of carbonyl (C=O) groups is 1. The van der Waals surface area contributed by atoms with Gasteiger partial charge in [0.25, 0.3) is 0 Å². The van der Waals surface area contributed by atoms with E-state index in [0.717, 1.165) is 10.6 Å². The van der Waals surface area contributed by atoms with Gasteiger partial charge in [-0.25, -0.2) is 4.79 Å². The average molecular weight is 207 g/mol. The second-order valence-electron chi connectivity index (χ2n) is 2.56. The van der Waals surface area contributed by atoms with Crippen molar-refractivity contribution in [3.8, 4) is 6.07 Å². The molecule has 0 aromatic heterocycles. The Balaban J connectivity index is 3.16. The summed E-state index contributed by atoms with van der Waals surface area (Å²) in [5.41, 5.74) is 0.281. The molecule has 0 saturated carbocycles. The average Bonchev–Trinajstić information content (AvgIpc) is 2.18. The first-order chi connectivity index (χ1) is 6.69. The lowest BCUT2D eigenvalue weighted by Gasteiger charge is -2.01. The van der Waals surface area contributed by atoms with E-state index >= 15 is 0 Å².